The Bertz CT molecular complexity index is 584. The monoisotopic (exact) mass is 268 g/mol. The predicted molar refractivity (Wildman–Crippen MR) is 63.6 cm³/mol. The van der Waals surface area contributed by atoms with Crippen LogP contribution >= 0.6 is 11.6 Å². The second kappa shape index (κ2) is 5.10. The summed E-state index contributed by atoms with van der Waals surface area (Å²) >= 11 is 5.64. The largest absolute Gasteiger partial charge is 0.322 e. The number of pyridine rings is 1. The molecule has 3 nitrogen and oxygen atoms in total. The van der Waals surface area contributed by atoms with E-state index in [0.29, 0.717) is 0 Å². The van der Waals surface area contributed by atoms with Crippen LogP contribution in [0.25, 0.3) is 0 Å². The van der Waals surface area contributed by atoms with Gasteiger partial charge in [-0.3, -0.25) is 9.78 Å². The van der Waals surface area contributed by atoms with Crippen LogP contribution in [0.2, 0.25) is 5.02 Å². The molecule has 1 aromatic carbocycles. The molecule has 1 amide bonds. The number of amides is 1. The number of nitrogens with zero attached hydrogens (tertiary/aromatic N) is 1. The number of hydrogen-bond donors (Lipinski definition) is 1. The average molecular weight is 269 g/mol. The molecular weight excluding hydrogens is 262 g/mol. The van der Waals surface area contributed by atoms with E-state index in [1.54, 1.807) is 0 Å². The van der Waals surface area contributed by atoms with Gasteiger partial charge in [0.25, 0.3) is 5.91 Å². The highest BCUT2D eigenvalue weighted by atomic mass is 35.5. The molecule has 0 aliphatic rings. The first-order valence-corrected chi connectivity index (χ1v) is 5.31. The number of anilines is 1. The van der Waals surface area contributed by atoms with Crippen molar-refractivity contribution in [3.63, 3.8) is 0 Å². The van der Waals surface area contributed by atoms with Crippen molar-refractivity contribution in [2.24, 2.45) is 0 Å². The fourth-order valence-corrected chi connectivity index (χ4v) is 1.61. The van der Waals surface area contributed by atoms with E-state index >= 15 is 0 Å². The molecule has 0 aliphatic carbocycles. The summed E-state index contributed by atoms with van der Waals surface area (Å²) in [5, 5.41) is 2.49. The van der Waals surface area contributed by atoms with Crippen molar-refractivity contribution in [2.75, 3.05) is 5.32 Å². The maximum absolute atomic E-state index is 13.3. The SMILES string of the molecule is O=C(Nc1cc(F)cc(Cl)c1)c1ccncc1F. The third-order valence-corrected chi connectivity index (χ3v) is 2.36. The number of hydrogen-bond acceptors (Lipinski definition) is 2. The van der Waals surface area contributed by atoms with Crippen LogP contribution in [0.3, 0.4) is 0 Å². The van der Waals surface area contributed by atoms with Crippen LogP contribution in [0.5, 0.6) is 0 Å². The van der Waals surface area contributed by atoms with Crippen LogP contribution in [0.1, 0.15) is 10.4 Å². The lowest BCUT2D eigenvalue weighted by Gasteiger charge is -2.06. The van der Waals surface area contributed by atoms with Gasteiger partial charge in [-0.2, -0.15) is 0 Å². The Morgan fingerprint density at radius 1 is 1.28 bits per heavy atom. The predicted octanol–water partition coefficient (Wildman–Crippen LogP) is 3.27. The van der Waals surface area contributed by atoms with Crippen molar-refractivity contribution in [3.8, 4) is 0 Å². The summed E-state index contributed by atoms with van der Waals surface area (Å²) in [6.07, 6.45) is 2.21. The molecule has 0 radical (unpaired) electrons. The maximum atomic E-state index is 13.3. The zero-order valence-electron chi connectivity index (χ0n) is 8.95. The van der Waals surface area contributed by atoms with Gasteiger partial charge in [0.1, 0.15) is 5.82 Å². The zero-order chi connectivity index (χ0) is 13.1. The topological polar surface area (TPSA) is 42.0 Å². The van der Waals surface area contributed by atoms with Crippen molar-refractivity contribution in [3.05, 3.63) is 58.9 Å². The zero-order valence-corrected chi connectivity index (χ0v) is 9.71. The second-order valence-electron chi connectivity index (χ2n) is 3.47. The molecule has 0 saturated heterocycles. The quantitative estimate of drug-likeness (QED) is 0.908. The van der Waals surface area contributed by atoms with E-state index < -0.39 is 17.5 Å². The number of rotatable bonds is 2. The molecule has 1 aromatic heterocycles. The van der Waals surface area contributed by atoms with Gasteiger partial charge in [-0.25, -0.2) is 8.78 Å². The summed E-state index contributed by atoms with van der Waals surface area (Å²) in [6, 6.07) is 4.78. The fourth-order valence-electron chi connectivity index (χ4n) is 1.38. The molecule has 2 aromatic rings. The minimum Gasteiger partial charge on any atom is -0.322 e. The van der Waals surface area contributed by atoms with Gasteiger partial charge in [-0.15, -0.1) is 0 Å². The number of carbonyl (C=O) groups is 1. The van der Waals surface area contributed by atoms with Crippen LogP contribution in [0.4, 0.5) is 14.5 Å². The van der Waals surface area contributed by atoms with Gasteiger partial charge < -0.3 is 5.32 Å². The second-order valence-corrected chi connectivity index (χ2v) is 3.90. The van der Waals surface area contributed by atoms with E-state index in [9.17, 15) is 13.6 Å². The Hall–Kier alpha value is -2.01. The van der Waals surface area contributed by atoms with Crippen molar-refractivity contribution in [2.45, 2.75) is 0 Å². The summed E-state index contributed by atoms with van der Waals surface area (Å²) in [4.78, 5) is 15.2. The number of aromatic nitrogens is 1. The van der Waals surface area contributed by atoms with Gasteiger partial charge in [0, 0.05) is 16.9 Å². The first kappa shape index (κ1) is 12.4. The Kier molecular flexibility index (Phi) is 3.53. The highest BCUT2D eigenvalue weighted by molar-refractivity contribution is 6.31. The maximum Gasteiger partial charge on any atom is 0.258 e. The molecule has 0 spiro atoms. The molecule has 0 unspecified atom stereocenters. The standard InChI is InChI=1S/C12H7ClF2N2O/c13-7-3-8(14)5-9(4-7)17-12(18)10-1-2-16-6-11(10)15/h1-6H,(H,17,18). The minimum absolute atomic E-state index is 0.139. The van der Waals surface area contributed by atoms with E-state index in [0.717, 1.165) is 18.3 Å². The number of benzene rings is 1. The van der Waals surface area contributed by atoms with E-state index in [4.69, 9.17) is 11.6 Å². The van der Waals surface area contributed by atoms with Gasteiger partial charge in [0.2, 0.25) is 0 Å². The van der Waals surface area contributed by atoms with Crippen LogP contribution in [-0.4, -0.2) is 10.9 Å². The van der Waals surface area contributed by atoms with E-state index in [2.05, 4.69) is 10.3 Å². The van der Waals surface area contributed by atoms with Crippen molar-refractivity contribution < 1.29 is 13.6 Å². The molecule has 0 atom stereocenters. The Labute approximate surface area is 106 Å². The summed E-state index contributed by atoms with van der Waals surface area (Å²) < 4.78 is 26.3. The molecular formula is C12H7ClF2N2O. The first-order chi connectivity index (χ1) is 8.56. The highest BCUT2D eigenvalue weighted by Crippen LogP contribution is 2.19. The molecule has 1 heterocycles. The molecule has 0 saturated carbocycles. The number of carbonyl (C=O) groups excluding carboxylic acids is 1. The van der Waals surface area contributed by atoms with E-state index in [-0.39, 0.29) is 16.3 Å². The average Bonchev–Trinajstić information content (AvgIpc) is 2.27. The highest BCUT2D eigenvalue weighted by Gasteiger charge is 2.12. The van der Waals surface area contributed by atoms with Crippen LogP contribution < -0.4 is 5.32 Å². The number of halogens is 3. The summed E-state index contributed by atoms with van der Waals surface area (Å²) in [5.41, 5.74) is -0.0217. The lowest BCUT2D eigenvalue weighted by atomic mass is 10.2. The molecule has 0 bridgehead atoms. The summed E-state index contributed by atoms with van der Waals surface area (Å²) in [5.74, 6) is -2.04. The van der Waals surface area contributed by atoms with Crippen molar-refractivity contribution >= 4 is 23.2 Å². The minimum atomic E-state index is -0.752. The Balaban J connectivity index is 2.24. The molecule has 0 aliphatic heterocycles. The smallest absolute Gasteiger partial charge is 0.258 e. The van der Waals surface area contributed by atoms with Gasteiger partial charge >= 0.3 is 0 Å². The lowest BCUT2D eigenvalue weighted by molar-refractivity contribution is 0.102. The molecule has 1 N–H and O–H groups in total. The third-order valence-electron chi connectivity index (χ3n) is 2.14. The van der Waals surface area contributed by atoms with Gasteiger partial charge in [-0.1, -0.05) is 11.6 Å². The fraction of sp³-hybridized carbons (Fsp3) is 0. The molecule has 92 valence electrons. The van der Waals surface area contributed by atoms with E-state index in [1.807, 2.05) is 0 Å². The van der Waals surface area contributed by atoms with Gasteiger partial charge in [0.15, 0.2) is 5.82 Å². The Morgan fingerprint density at radius 3 is 2.72 bits per heavy atom. The lowest BCUT2D eigenvalue weighted by Crippen LogP contribution is -2.14. The van der Waals surface area contributed by atoms with E-state index in [1.165, 1.54) is 18.3 Å². The summed E-state index contributed by atoms with van der Waals surface area (Å²) in [6.45, 7) is 0. The van der Waals surface area contributed by atoms with Crippen molar-refractivity contribution in [1.82, 2.24) is 4.98 Å². The van der Waals surface area contributed by atoms with Gasteiger partial charge in [0.05, 0.1) is 11.8 Å². The van der Waals surface area contributed by atoms with Crippen LogP contribution in [-0.2, 0) is 0 Å². The van der Waals surface area contributed by atoms with Crippen LogP contribution in [0, 0.1) is 11.6 Å². The normalized spacial score (nSPS) is 10.2. The first-order valence-electron chi connectivity index (χ1n) is 4.93. The number of nitrogens with one attached hydrogen (secondary N) is 1. The van der Waals surface area contributed by atoms with Gasteiger partial charge in [-0.05, 0) is 24.3 Å². The molecule has 18 heavy (non-hydrogen) atoms. The molecule has 2 rings (SSSR count). The molecule has 0 fully saturated rings. The van der Waals surface area contributed by atoms with Crippen LogP contribution in [0.15, 0.2) is 36.7 Å². The van der Waals surface area contributed by atoms with Crippen molar-refractivity contribution in [1.29, 1.82) is 0 Å². The summed E-state index contributed by atoms with van der Waals surface area (Å²) in [7, 11) is 0. The Morgan fingerprint density at radius 2 is 2.06 bits per heavy atom. The molecule has 6 heteroatoms. The third kappa shape index (κ3) is 2.81.